The lowest BCUT2D eigenvalue weighted by atomic mass is 10.0. The van der Waals surface area contributed by atoms with Gasteiger partial charge < -0.3 is 35.6 Å². The van der Waals surface area contributed by atoms with Gasteiger partial charge in [-0.15, -0.1) is 11.3 Å². The highest BCUT2D eigenvalue weighted by atomic mass is 32.1. The first-order chi connectivity index (χ1) is 18.7. The molecule has 3 fully saturated rings. The zero-order valence-electron chi connectivity index (χ0n) is 21.9. The maximum absolute atomic E-state index is 12.2. The second-order valence-corrected chi connectivity index (χ2v) is 11.8. The predicted molar refractivity (Wildman–Crippen MR) is 146 cm³/mol. The van der Waals surface area contributed by atoms with Gasteiger partial charge in [-0.3, -0.25) is 9.78 Å². The number of carbonyl (C=O) groups excluding carboxylic acids is 1. The number of aromatic nitrogens is 4. The van der Waals surface area contributed by atoms with Crippen LogP contribution in [0.5, 0.6) is 0 Å². The van der Waals surface area contributed by atoms with Crippen LogP contribution in [0.15, 0.2) is 12.3 Å². The van der Waals surface area contributed by atoms with Crippen molar-refractivity contribution in [3.05, 3.63) is 23.7 Å². The van der Waals surface area contributed by atoms with Crippen molar-refractivity contribution in [2.45, 2.75) is 57.0 Å². The number of aliphatic hydroxyl groups is 3. The number of thiazole rings is 1. The Morgan fingerprint density at radius 3 is 2.74 bits per heavy atom. The number of hydrogen-bond donors (Lipinski definition) is 5. The molecule has 0 radical (unpaired) electrons. The summed E-state index contributed by atoms with van der Waals surface area (Å²) in [5, 5.41) is 39.4. The maximum atomic E-state index is 12.2. The zero-order valence-corrected chi connectivity index (χ0v) is 22.7. The Morgan fingerprint density at radius 2 is 2.00 bits per heavy atom. The molecule has 1 aliphatic heterocycles. The van der Waals surface area contributed by atoms with Crippen molar-refractivity contribution in [1.29, 1.82) is 0 Å². The summed E-state index contributed by atoms with van der Waals surface area (Å²) in [7, 11) is 0. The molecule has 5 N–H and O–H groups in total. The number of ether oxygens (including phenoxy) is 1. The van der Waals surface area contributed by atoms with E-state index in [1.807, 2.05) is 19.9 Å². The minimum Gasteiger partial charge on any atom is -0.390 e. The molecule has 3 aromatic rings. The molecule has 6 rings (SSSR count). The molecule has 4 atom stereocenters. The lowest BCUT2D eigenvalue weighted by Crippen LogP contribution is -2.45. The van der Waals surface area contributed by atoms with E-state index < -0.39 is 23.9 Å². The standard InChI is InChI=1S/C26H33N7O5S/c1-13-19(24-31-20-14(2)27-6-3-17(20)39-24)23(32-25(29-13)28-12-26(37)4-5-26)30-16-9-15(21(35)22(16)36)10-33-7-8-38-11-18(33)34/h3,6,15-16,21-22,35-37H,4-5,7-12H2,1-2H3,(H2,28,29,30,32)/t15-,16?,21-,22+/m1/s1. The highest BCUT2D eigenvalue weighted by Crippen LogP contribution is 2.39. The van der Waals surface area contributed by atoms with Crippen LogP contribution in [0.3, 0.4) is 0 Å². The van der Waals surface area contributed by atoms with Crippen LogP contribution < -0.4 is 10.6 Å². The van der Waals surface area contributed by atoms with Gasteiger partial charge in [-0.05, 0) is 39.2 Å². The van der Waals surface area contributed by atoms with E-state index in [2.05, 4.69) is 20.6 Å². The van der Waals surface area contributed by atoms with Gasteiger partial charge in [0.1, 0.15) is 29.1 Å². The largest absolute Gasteiger partial charge is 0.390 e. The fourth-order valence-corrected chi connectivity index (χ4v) is 6.43. The Labute approximate surface area is 229 Å². The van der Waals surface area contributed by atoms with Gasteiger partial charge in [0.15, 0.2) is 0 Å². The normalized spacial score (nSPS) is 26.3. The number of nitrogens with zero attached hydrogens (tertiary/aromatic N) is 5. The zero-order chi connectivity index (χ0) is 27.3. The average Bonchev–Trinajstić information content (AvgIpc) is 3.39. The molecule has 4 heterocycles. The van der Waals surface area contributed by atoms with Gasteiger partial charge in [0, 0.05) is 31.7 Å². The molecule has 39 heavy (non-hydrogen) atoms. The van der Waals surface area contributed by atoms with Gasteiger partial charge in [0.05, 0.1) is 46.0 Å². The second kappa shape index (κ2) is 10.2. The van der Waals surface area contributed by atoms with Gasteiger partial charge in [-0.25, -0.2) is 9.97 Å². The van der Waals surface area contributed by atoms with Crippen molar-refractivity contribution in [2.75, 3.05) is 43.5 Å². The van der Waals surface area contributed by atoms with E-state index in [1.54, 1.807) is 11.1 Å². The Morgan fingerprint density at radius 1 is 1.18 bits per heavy atom. The molecular formula is C26H33N7O5S. The van der Waals surface area contributed by atoms with Crippen LogP contribution in [0.25, 0.3) is 20.8 Å². The van der Waals surface area contributed by atoms with Gasteiger partial charge >= 0.3 is 0 Å². The molecule has 0 aromatic carbocycles. The van der Waals surface area contributed by atoms with Crippen LogP contribution >= 0.6 is 11.3 Å². The quantitative estimate of drug-likeness (QED) is 0.270. The lowest BCUT2D eigenvalue weighted by Gasteiger charge is -2.30. The molecule has 208 valence electrons. The molecule has 2 aliphatic carbocycles. The molecule has 0 spiro atoms. The summed E-state index contributed by atoms with van der Waals surface area (Å²) in [6.07, 6.45) is 1.62. The Kier molecular flexibility index (Phi) is 6.88. The van der Waals surface area contributed by atoms with Gasteiger partial charge in [-0.1, -0.05) is 0 Å². The molecular weight excluding hydrogens is 522 g/mol. The van der Waals surface area contributed by atoms with Crippen molar-refractivity contribution < 1.29 is 24.9 Å². The van der Waals surface area contributed by atoms with E-state index in [0.717, 1.165) is 33.8 Å². The number of hydrogen-bond acceptors (Lipinski definition) is 12. The number of nitrogens with one attached hydrogen (secondary N) is 2. The summed E-state index contributed by atoms with van der Waals surface area (Å²) in [5.41, 5.74) is 2.31. The highest BCUT2D eigenvalue weighted by molar-refractivity contribution is 7.21. The summed E-state index contributed by atoms with van der Waals surface area (Å²) >= 11 is 1.51. The van der Waals surface area contributed by atoms with Crippen molar-refractivity contribution in [3.8, 4) is 10.6 Å². The van der Waals surface area contributed by atoms with Crippen molar-refractivity contribution in [2.24, 2.45) is 5.92 Å². The van der Waals surface area contributed by atoms with Gasteiger partial charge in [0.2, 0.25) is 11.9 Å². The minimum absolute atomic E-state index is 0.0404. The molecule has 3 aliphatic rings. The molecule has 1 amide bonds. The fourth-order valence-electron chi connectivity index (χ4n) is 5.32. The van der Waals surface area contributed by atoms with E-state index in [9.17, 15) is 20.1 Å². The van der Waals surface area contributed by atoms with Gasteiger partial charge in [-0.2, -0.15) is 4.98 Å². The molecule has 1 unspecified atom stereocenters. The number of amides is 1. The third-order valence-corrected chi connectivity index (χ3v) is 8.90. The minimum atomic E-state index is -1.06. The summed E-state index contributed by atoms with van der Waals surface area (Å²) in [6, 6.07) is 1.42. The fraction of sp³-hybridized carbons (Fsp3) is 0.577. The van der Waals surface area contributed by atoms with Crippen LogP contribution in [0.1, 0.15) is 30.7 Å². The smallest absolute Gasteiger partial charge is 0.248 e. The van der Waals surface area contributed by atoms with Crippen LogP contribution in [0.2, 0.25) is 0 Å². The van der Waals surface area contributed by atoms with E-state index in [1.165, 1.54) is 11.3 Å². The first-order valence-electron chi connectivity index (χ1n) is 13.3. The van der Waals surface area contributed by atoms with Crippen molar-refractivity contribution in [1.82, 2.24) is 24.8 Å². The summed E-state index contributed by atoms with van der Waals surface area (Å²) in [6.45, 7) is 5.46. The third kappa shape index (κ3) is 5.29. The van der Waals surface area contributed by atoms with Crippen LogP contribution in [-0.4, -0.2) is 103 Å². The number of anilines is 2. The number of rotatable bonds is 8. The lowest BCUT2D eigenvalue weighted by molar-refractivity contribution is -0.144. The second-order valence-electron chi connectivity index (χ2n) is 10.8. The molecule has 12 nitrogen and oxygen atoms in total. The first kappa shape index (κ1) is 26.3. The van der Waals surface area contributed by atoms with Crippen molar-refractivity contribution >= 4 is 39.2 Å². The molecule has 0 bridgehead atoms. The van der Waals surface area contributed by atoms with Crippen LogP contribution in [0.4, 0.5) is 11.8 Å². The average molecular weight is 556 g/mol. The third-order valence-electron chi connectivity index (χ3n) is 7.86. The van der Waals surface area contributed by atoms with Crippen molar-refractivity contribution in [3.63, 3.8) is 0 Å². The summed E-state index contributed by atoms with van der Waals surface area (Å²) in [4.78, 5) is 32.5. The number of carbonyl (C=O) groups is 1. The molecule has 2 saturated carbocycles. The first-order valence-corrected chi connectivity index (χ1v) is 14.1. The Hall–Kier alpha value is -2.97. The summed E-state index contributed by atoms with van der Waals surface area (Å²) in [5.74, 6) is 0.434. The van der Waals surface area contributed by atoms with E-state index in [-0.39, 0.29) is 18.4 Å². The summed E-state index contributed by atoms with van der Waals surface area (Å²) < 4.78 is 6.21. The molecule has 3 aromatic heterocycles. The monoisotopic (exact) mass is 555 g/mol. The maximum Gasteiger partial charge on any atom is 0.248 e. The Balaban J connectivity index is 1.30. The topological polar surface area (TPSA) is 166 Å². The van der Waals surface area contributed by atoms with Gasteiger partial charge in [0.25, 0.3) is 0 Å². The van der Waals surface area contributed by atoms with E-state index in [4.69, 9.17) is 14.7 Å². The van der Waals surface area contributed by atoms with E-state index in [0.29, 0.717) is 55.7 Å². The number of pyridine rings is 1. The number of aryl methyl sites for hydroxylation is 2. The number of aliphatic hydroxyl groups excluding tert-OH is 2. The molecule has 13 heteroatoms. The van der Waals surface area contributed by atoms with Crippen LogP contribution in [0, 0.1) is 19.8 Å². The predicted octanol–water partition coefficient (Wildman–Crippen LogP) is 1.08. The number of fused-ring (bicyclic) bond motifs is 1. The Bertz CT molecular complexity index is 1400. The SMILES string of the molecule is Cc1nc(NCC2(O)CC2)nc(NC2C[C@H](CN3CCOCC3=O)[C@@H](O)[C@H]2O)c1-c1nc2c(C)nccc2s1. The molecule has 1 saturated heterocycles. The highest BCUT2D eigenvalue weighted by Gasteiger charge is 2.43. The van der Waals surface area contributed by atoms with E-state index >= 15 is 0 Å². The number of morpholine rings is 1. The van der Waals surface area contributed by atoms with Crippen LogP contribution in [-0.2, 0) is 9.53 Å².